The van der Waals surface area contributed by atoms with Gasteiger partial charge in [0.05, 0.1) is 37.8 Å². The molecular weight excluding hydrogens is 342 g/mol. The van der Waals surface area contributed by atoms with Gasteiger partial charge in [0.25, 0.3) is 0 Å². The Morgan fingerprint density at radius 2 is 2.15 bits per heavy atom. The van der Waals surface area contributed by atoms with Crippen molar-refractivity contribution in [3.8, 4) is 11.3 Å². The molecule has 27 heavy (non-hydrogen) atoms. The zero-order chi connectivity index (χ0) is 18.4. The first-order valence-corrected chi connectivity index (χ1v) is 9.49. The highest BCUT2D eigenvalue weighted by Crippen LogP contribution is 2.38. The van der Waals surface area contributed by atoms with Crippen LogP contribution < -0.4 is 0 Å². The Balaban J connectivity index is 1.38. The molecule has 0 saturated carbocycles. The van der Waals surface area contributed by atoms with Gasteiger partial charge in [-0.2, -0.15) is 5.10 Å². The van der Waals surface area contributed by atoms with Crippen LogP contribution in [0.2, 0.25) is 0 Å². The van der Waals surface area contributed by atoms with E-state index >= 15 is 0 Å². The summed E-state index contributed by atoms with van der Waals surface area (Å²) in [5, 5.41) is 4.31. The minimum absolute atomic E-state index is 0.0681. The molecule has 142 valence electrons. The fourth-order valence-corrected chi connectivity index (χ4v) is 4.45. The lowest BCUT2D eigenvalue weighted by Gasteiger charge is -2.30. The third kappa shape index (κ3) is 3.11. The van der Waals surface area contributed by atoms with Crippen LogP contribution in [0.25, 0.3) is 11.3 Å². The fourth-order valence-electron chi connectivity index (χ4n) is 4.45. The maximum absolute atomic E-state index is 6.03. The van der Waals surface area contributed by atoms with E-state index in [1.54, 1.807) is 0 Å². The second-order valence-corrected chi connectivity index (χ2v) is 8.00. The van der Waals surface area contributed by atoms with E-state index in [4.69, 9.17) is 14.1 Å². The molecule has 0 unspecified atom stereocenters. The lowest BCUT2D eigenvalue weighted by atomic mass is 9.86. The van der Waals surface area contributed by atoms with E-state index in [1.807, 2.05) is 43.3 Å². The SMILES string of the molecule is Cc1ccc(CN2CCOC[C@]3(Cc4ncc(-c5cnn(C)c5)n4C3)C2)o1. The van der Waals surface area contributed by atoms with Crippen LogP contribution >= 0.6 is 0 Å². The maximum atomic E-state index is 6.03. The molecule has 1 spiro atoms. The minimum Gasteiger partial charge on any atom is -0.465 e. The van der Waals surface area contributed by atoms with Crippen LogP contribution in [-0.4, -0.2) is 50.5 Å². The summed E-state index contributed by atoms with van der Waals surface area (Å²) in [7, 11) is 1.94. The molecule has 0 bridgehead atoms. The summed E-state index contributed by atoms with van der Waals surface area (Å²) in [5.41, 5.74) is 2.33. The highest BCUT2D eigenvalue weighted by molar-refractivity contribution is 5.57. The molecule has 7 nitrogen and oxygen atoms in total. The second kappa shape index (κ2) is 6.35. The van der Waals surface area contributed by atoms with Crippen LogP contribution in [0.1, 0.15) is 17.3 Å². The van der Waals surface area contributed by atoms with E-state index in [2.05, 4.69) is 20.6 Å². The Labute approximate surface area is 158 Å². The zero-order valence-electron chi connectivity index (χ0n) is 15.9. The monoisotopic (exact) mass is 367 g/mol. The van der Waals surface area contributed by atoms with Crippen LogP contribution in [0.4, 0.5) is 0 Å². The van der Waals surface area contributed by atoms with Gasteiger partial charge in [-0.15, -0.1) is 0 Å². The van der Waals surface area contributed by atoms with Crippen molar-refractivity contribution in [1.82, 2.24) is 24.2 Å². The number of hydrogen-bond acceptors (Lipinski definition) is 5. The summed E-state index contributed by atoms with van der Waals surface area (Å²) < 4.78 is 16.0. The van der Waals surface area contributed by atoms with Crippen molar-refractivity contribution < 1.29 is 9.15 Å². The van der Waals surface area contributed by atoms with Crippen LogP contribution in [-0.2, 0) is 31.3 Å². The number of nitrogens with zero attached hydrogens (tertiary/aromatic N) is 5. The molecule has 0 radical (unpaired) electrons. The number of aromatic nitrogens is 4. The van der Waals surface area contributed by atoms with Gasteiger partial charge < -0.3 is 13.7 Å². The number of fused-ring (bicyclic) bond motifs is 1. The van der Waals surface area contributed by atoms with Crippen molar-refractivity contribution in [1.29, 1.82) is 0 Å². The Kier molecular flexibility index (Phi) is 3.94. The lowest BCUT2D eigenvalue weighted by molar-refractivity contribution is 0.0665. The highest BCUT2D eigenvalue weighted by atomic mass is 16.5. The highest BCUT2D eigenvalue weighted by Gasteiger charge is 2.42. The first kappa shape index (κ1) is 16.8. The van der Waals surface area contributed by atoms with Gasteiger partial charge in [-0.1, -0.05) is 0 Å². The van der Waals surface area contributed by atoms with Crippen molar-refractivity contribution in [3.63, 3.8) is 0 Å². The molecule has 3 aromatic rings. The van der Waals surface area contributed by atoms with Crippen molar-refractivity contribution in [3.05, 3.63) is 48.1 Å². The summed E-state index contributed by atoms with van der Waals surface area (Å²) in [4.78, 5) is 7.17. The van der Waals surface area contributed by atoms with Gasteiger partial charge >= 0.3 is 0 Å². The molecule has 3 aromatic heterocycles. The van der Waals surface area contributed by atoms with Gasteiger partial charge in [0.1, 0.15) is 17.3 Å². The average Bonchev–Trinajstić information content (AvgIpc) is 3.35. The van der Waals surface area contributed by atoms with Crippen LogP contribution in [0.3, 0.4) is 0 Å². The number of imidazole rings is 1. The van der Waals surface area contributed by atoms with Gasteiger partial charge in [0, 0.05) is 50.3 Å². The first-order chi connectivity index (χ1) is 13.1. The van der Waals surface area contributed by atoms with Crippen LogP contribution in [0, 0.1) is 12.3 Å². The standard InChI is InChI=1S/C20H25N5O2/c1-15-3-4-17(27-15)11-24-5-6-26-14-20(12-24)7-19-21-9-18(25(19)13-20)16-8-22-23(2)10-16/h3-4,8-10H,5-7,11-14H2,1-2H3/t20-/m1/s1. The Morgan fingerprint density at radius 1 is 1.22 bits per heavy atom. The molecule has 0 aromatic carbocycles. The predicted octanol–water partition coefficient (Wildman–Crippen LogP) is 2.26. The van der Waals surface area contributed by atoms with Gasteiger partial charge in [-0.05, 0) is 19.1 Å². The quantitative estimate of drug-likeness (QED) is 0.711. The van der Waals surface area contributed by atoms with Crippen molar-refractivity contribution in [2.24, 2.45) is 12.5 Å². The lowest BCUT2D eigenvalue weighted by Crippen LogP contribution is -2.39. The molecule has 1 saturated heterocycles. The molecular formula is C20H25N5O2. The Hall–Kier alpha value is -2.38. The summed E-state index contributed by atoms with van der Waals surface area (Å²) in [6.07, 6.45) is 6.87. The van der Waals surface area contributed by atoms with Gasteiger partial charge in [0.15, 0.2) is 0 Å². The molecule has 5 rings (SSSR count). The van der Waals surface area contributed by atoms with E-state index < -0.39 is 0 Å². The molecule has 1 atom stereocenters. The molecule has 0 N–H and O–H groups in total. The summed E-state index contributed by atoms with van der Waals surface area (Å²) in [6, 6.07) is 4.11. The fraction of sp³-hybridized carbons (Fsp3) is 0.500. The normalized spacial score (nSPS) is 23.0. The molecule has 1 fully saturated rings. The van der Waals surface area contributed by atoms with Crippen molar-refractivity contribution in [2.75, 3.05) is 26.3 Å². The number of furan rings is 1. The molecule has 0 aliphatic carbocycles. The van der Waals surface area contributed by atoms with E-state index in [0.29, 0.717) is 0 Å². The van der Waals surface area contributed by atoms with E-state index in [0.717, 1.165) is 74.4 Å². The number of aryl methyl sites for hydroxylation is 2. The molecule has 5 heterocycles. The van der Waals surface area contributed by atoms with E-state index in [1.165, 1.54) is 0 Å². The average molecular weight is 367 g/mol. The van der Waals surface area contributed by atoms with Crippen molar-refractivity contribution >= 4 is 0 Å². The molecule has 2 aliphatic rings. The topological polar surface area (TPSA) is 61.2 Å². The van der Waals surface area contributed by atoms with E-state index in [-0.39, 0.29) is 5.41 Å². The Bertz CT molecular complexity index is 955. The van der Waals surface area contributed by atoms with Gasteiger partial charge in [0.2, 0.25) is 0 Å². The number of hydrogen-bond donors (Lipinski definition) is 0. The molecule has 7 heteroatoms. The summed E-state index contributed by atoms with van der Waals surface area (Å²) in [5.74, 6) is 3.14. The van der Waals surface area contributed by atoms with Crippen molar-refractivity contribution in [2.45, 2.75) is 26.4 Å². The predicted molar refractivity (Wildman–Crippen MR) is 100 cm³/mol. The summed E-state index contributed by atoms with van der Waals surface area (Å²) >= 11 is 0. The zero-order valence-corrected chi connectivity index (χ0v) is 15.9. The third-order valence-electron chi connectivity index (χ3n) is 5.66. The molecule has 0 amide bonds. The number of ether oxygens (including phenoxy) is 1. The maximum Gasteiger partial charge on any atom is 0.118 e. The third-order valence-corrected chi connectivity index (χ3v) is 5.66. The van der Waals surface area contributed by atoms with E-state index in [9.17, 15) is 0 Å². The minimum atomic E-state index is 0.0681. The Morgan fingerprint density at radius 3 is 2.93 bits per heavy atom. The molecule has 2 aliphatic heterocycles. The van der Waals surface area contributed by atoms with Crippen LogP contribution in [0.15, 0.2) is 35.1 Å². The smallest absolute Gasteiger partial charge is 0.118 e. The largest absolute Gasteiger partial charge is 0.465 e. The second-order valence-electron chi connectivity index (χ2n) is 8.00. The summed E-state index contributed by atoms with van der Waals surface area (Å²) in [6.45, 7) is 7.21. The van der Waals surface area contributed by atoms with Crippen LogP contribution in [0.5, 0.6) is 0 Å². The van der Waals surface area contributed by atoms with Gasteiger partial charge in [-0.3, -0.25) is 9.58 Å². The van der Waals surface area contributed by atoms with Gasteiger partial charge in [-0.25, -0.2) is 4.98 Å². The number of rotatable bonds is 3. The first-order valence-electron chi connectivity index (χ1n) is 9.49.